The number of halogens is 4. The first-order valence-corrected chi connectivity index (χ1v) is 15.4. The number of rotatable bonds is 11. The van der Waals surface area contributed by atoms with E-state index in [0.29, 0.717) is 27.1 Å². The van der Waals surface area contributed by atoms with Gasteiger partial charge in [-0.05, 0) is 74.9 Å². The minimum Gasteiger partial charge on any atom is -0.352 e. The summed E-state index contributed by atoms with van der Waals surface area (Å²) in [7, 11) is -4.26. The second-order valence-electron chi connectivity index (χ2n) is 9.16. The van der Waals surface area contributed by atoms with Gasteiger partial charge < -0.3 is 10.2 Å². The van der Waals surface area contributed by atoms with E-state index in [9.17, 15) is 18.0 Å². The van der Waals surface area contributed by atoms with Crippen molar-refractivity contribution in [2.45, 2.75) is 50.7 Å². The summed E-state index contributed by atoms with van der Waals surface area (Å²) in [5.41, 5.74) is 0.598. The Balaban J connectivity index is 2.07. The number of nitrogens with one attached hydrogen (secondary N) is 1. The smallest absolute Gasteiger partial charge is 0.264 e. The molecule has 0 radical (unpaired) electrons. The van der Waals surface area contributed by atoms with Gasteiger partial charge >= 0.3 is 0 Å². The number of carbonyl (C=O) groups excluding carboxylic acids is 2. The molecular formula is C28H29Cl4N3O4S. The fourth-order valence-electron chi connectivity index (χ4n) is 3.80. The van der Waals surface area contributed by atoms with E-state index in [-0.39, 0.29) is 28.2 Å². The molecular weight excluding hydrogens is 616 g/mol. The molecule has 0 unspecified atom stereocenters. The normalized spacial score (nSPS) is 12.9. The van der Waals surface area contributed by atoms with E-state index < -0.39 is 34.4 Å². The largest absolute Gasteiger partial charge is 0.352 e. The molecule has 12 heteroatoms. The van der Waals surface area contributed by atoms with Crippen molar-refractivity contribution in [3.63, 3.8) is 0 Å². The molecule has 1 N–H and O–H groups in total. The number of hydrogen-bond donors (Lipinski definition) is 1. The first-order valence-electron chi connectivity index (χ1n) is 12.4. The SMILES string of the molecule is CC[C@H](C)NC(=O)[C@H](C)N(Cc1c(Cl)cccc1Cl)C(=O)CN(c1cccc(Cl)c1)S(=O)(=O)c1ccc(Cl)cc1. The van der Waals surface area contributed by atoms with Crippen molar-refractivity contribution >= 4 is 73.9 Å². The lowest BCUT2D eigenvalue weighted by molar-refractivity contribution is -0.139. The van der Waals surface area contributed by atoms with Crippen LogP contribution in [-0.2, 0) is 26.2 Å². The van der Waals surface area contributed by atoms with Crippen LogP contribution in [0, 0.1) is 0 Å². The molecule has 0 aliphatic heterocycles. The number of benzene rings is 3. The van der Waals surface area contributed by atoms with Gasteiger partial charge in [-0.15, -0.1) is 0 Å². The average Bonchev–Trinajstić information content (AvgIpc) is 2.91. The topological polar surface area (TPSA) is 86.8 Å². The monoisotopic (exact) mass is 643 g/mol. The summed E-state index contributed by atoms with van der Waals surface area (Å²) in [6.07, 6.45) is 0.685. The Bertz CT molecular complexity index is 1450. The van der Waals surface area contributed by atoms with Gasteiger partial charge in [0.2, 0.25) is 11.8 Å². The Morgan fingerprint density at radius 3 is 2.05 bits per heavy atom. The van der Waals surface area contributed by atoms with E-state index in [1.165, 1.54) is 41.3 Å². The number of hydrogen-bond acceptors (Lipinski definition) is 4. The third kappa shape index (κ3) is 7.83. The molecule has 7 nitrogen and oxygen atoms in total. The van der Waals surface area contributed by atoms with E-state index in [1.807, 2.05) is 13.8 Å². The Kier molecular flexibility index (Phi) is 11.1. The molecule has 0 aromatic heterocycles. The third-order valence-electron chi connectivity index (χ3n) is 6.34. The van der Waals surface area contributed by atoms with Crippen LogP contribution in [0.15, 0.2) is 71.6 Å². The van der Waals surface area contributed by atoms with Crippen molar-refractivity contribution in [2.75, 3.05) is 10.8 Å². The zero-order valence-electron chi connectivity index (χ0n) is 22.1. The summed E-state index contributed by atoms with van der Waals surface area (Å²) in [6.45, 7) is 4.58. The van der Waals surface area contributed by atoms with Crippen LogP contribution in [0.2, 0.25) is 20.1 Å². The molecule has 0 spiro atoms. The maximum Gasteiger partial charge on any atom is 0.264 e. The maximum absolute atomic E-state index is 14.0. The van der Waals surface area contributed by atoms with E-state index >= 15 is 0 Å². The van der Waals surface area contributed by atoms with Crippen LogP contribution in [0.4, 0.5) is 5.69 Å². The van der Waals surface area contributed by atoms with Crippen LogP contribution in [0.25, 0.3) is 0 Å². The summed E-state index contributed by atoms with van der Waals surface area (Å²) in [5.74, 6) is -1.05. The molecule has 40 heavy (non-hydrogen) atoms. The fourth-order valence-corrected chi connectivity index (χ4v) is 6.03. The van der Waals surface area contributed by atoms with Gasteiger partial charge in [0.15, 0.2) is 0 Å². The van der Waals surface area contributed by atoms with Crippen molar-refractivity contribution in [1.82, 2.24) is 10.2 Å². The Morgan fingerprint density at radius 1 is 0.875 bits per heavy atom. The molecule has 0 heterocycles. The molecule has 0 aliphatic carbocycles. The average molecular weight is 645 g/mol. The van der Waals surface area contributed by atoms with Crippen molar-refractivity contribution < 1.29 is 18.0 Å². The van der Waals surface area contributed by atoms with Crippen molar-refractivity contribution in [2.24, 2.45) is 0 Å². The highest BCUT2D eigenvalue weighted by atomic mass is 35.5. The number of sulfonamides is 1. The summed E-state index contributed by atoms with van der Waals surface area (Å²) < 4.78 is 28.6. The highest BCUT2D eigenvalue weighted by molar-refractivity contribution is 7.92. The predicted molar refractivity (Wildman–Crippen MR) is 162 cm³/mol. The highest BCUT2D eigenvalue weighted by Crippen LogP contribution is 2.29. The lowest BCUT2D eigenvalue weighted by Gasteiger charge is -2.33. The van der Waals surface area contributed by atoms with E-state index in [2.05, 4.69) is 5.32 Å². The van der Waals surface area contributed by atoms with Gasteiger partial charge in [0.05, 0.1) is 10.6 Å². The molecule has 0 saturated carbocycles. The summed E-state index contributed by atoms with van der Waals surface area (Å²) in [5, 5.41) is 4.12. The Hall–Kier alpha value is -2.49. The van der Waals surface area contributed by atoms with Gasteiger partial charge in [0, 0.05) is 38.2 Å². The van der Waals surface area contributed by atoms with Gasteiger partial charge in [0.1, 0.15) is 12.6 Å². The lowest BCUT2D eigenvalue weighted by Crippen LogP contribution is -2.52. The molecule has 0 saturated heterocycles. The molecule has 0 aliphatic rings. The minimum absolute atomic E-state index is 0.0760. The van der Waals surface area contributed by atoms with Crippen molar-refractivity contribution in [1.29, 1.82) is 0 Å². The first-order chi connectivity index (χ1) is 18.8. The molecule has 2 amide bonds. The number of amides is 2. The molecule has 0 fully saturated rings. The van der Waals surface area contributed by atoms with Crippen LogP contribution in [0.5, 0.6) is 0 Å². The summed E-state index contributed by atoms with van der Waals surface area (Å²) in [6, 6.07) is 15.5. The summed E-state index contributed by atoms with van der Waals surface area (Å²) in [4.78, 5) is 28.3. The second-order valence-corrected chi connectivity index (χ2v) is 12.7. The second kappa shape index (κ2) is 13.9. The first kappa shape index (κ1) is 32.0. The Labute approximate surface area is 255 Å². The number of carbonyl (C=O) groups is 2. The van der Waals surface area contributed by atoms with E-state index in [4.69, 9.17) is 46.4 Å². The molecule has 2 atom stereocenters. The highest BCUT2D eigenvalue weighted by Gasteiger charge is 2.33. The molecule has 0 bridgehead atoms. The fraction of sp³-hybridized carbons (Fsp3) is 0.286. The minimum atomic E-state index is -4.26. The summed E-state index contributed by atoms with van der Waals surface area (Å²) >= 11 is 25.0. The van der Waals surface area contributed by atoms with Crippen LogP contribution >= 0.6 is 46.4 Å². The zero-order valence-corrected chi connectivity index (χ0v) is 25.9. The standard InChI is InChI=1S/C28H29Cl4N3O4S/c1-4-18(2)33-28(37)19(3)34(16-24-25(31)9-6-10-26(24)32)27(36)17-35(22-8-5-7-21(30)15-22)40(38,39)23-13-11-20(29)12-14-23/h5-15,18-19H,4,16-17H2,1-3H3,(H,33,37)/t18-,19-/m0/s1. The van der Waals surface area contributed by atoms with Gasteiger partial charge in [0.25, 0.3) is 10.0 Å². The zero-order chi connectivity index (χ0) is 29.6. The van der Waals surface area contributed by atoms with Gasteiger partial charge in [-0.2, -0.15) is 0 Å². The van der Waals surface area contributed by atoms with Crippen molar-refractivity contribution in [3.8, 4) is 0 Å². The third-order valence-corrected chi connectivity index (χ3v) is 9.32. The maximum atomic E-state index is 14.0. The number of nitrogens with zero attached hydrogens (tertiary/aromatic N) is 2. The van der Waals surface area contributed by atoms with Crippen molar-refractivity contribution in [3.05, 3.63) is 92.4 Å². The van der Waals surface area contributed by atoms with Crippen LogP contribution in [0.1, 0.15) is 32.8 Å². The van der Waals surface area contributed by atoms with Gasteiger partial charge in [-0.1, -0.05) is 65.5 Å². The molecule has 3 aromatic carbocycles. The molecule has 214 valence electrons. The van der Waals surface area contributed by atoms with Crippen LogP contribution < -0.4 is 9.62 Å². The van der Waals surface area contributed by atoms with Gasteiger partial charge in [-0.3, -0.25) is 13.9 Å². The van der Waals surface area contributed by atoms with E-state index in [1.54, 1.807) is 37.3 Å². The lowest BCUT2D eigenvalue weighted by atomic mass is 10.1. The predicted octanol–water partition coefficient (Wildman–Crippen LogP) is 6.83. The van der Waals surface area contributed by atoms with E-state index in [0.717, 1.165) is 4.31 Å². The number of anilines is 1. The quantitative estimate of drug-likeness (QED) is 0.248. The van der Waals surface area contributed by atoms with Crippen LogP contribution in [-0.4, -0.2) is 43.8 Å². The van der Waals surface area contributed by atoms with Gasteiger partial charge in [-0.25, -0.2) is 8.42 Å². The molecule has 3 rings (SSSR count). The molecule has 3 aromatic rings. The Morgan fingerprint density at radius 2 is 1.48 bits per heavy atom. The van der Waals surface area contributed by atoms with Crippen LogP contribution in [0.3, 0.4) is 0 Å².